The SMILES string of the molecule is COCCNCc1ccc2c(OCC(=O)OC(C)(C)C)c(C(=O)OC)sc2n1. The maximum Gasteiger partial charge on any atom is 0.351 e. The number of carbonyl (C=O) groups is 2. The molecule has 2 heterocycles. The van der Waals surface area contributed by atoms with E-state index in [9.17, 15) is 9.59 Å². The normalized spacial score (nSPS) is 11.5. The van der Waals surface area contributed by atoms with Crippen LogP contribution in [0.4, 0.5) is 0 Å². The van der Waals surface area contributed by atoms with E-state index in [4.69, 9.17) is 18.9 Å². The summed E-state index contributed by atoms with van der Waals surface area (Å²) in [6, 6.07) is 3.67. The van der Waals surface area contributed by atoms with Gasteiger partial charge in [-0.2, -0.15) is 0 Å². The Morgan fingerprint density at radius 1 is 1.21 bits per heavy atom. The van der Waals surface area contributed by atoms with Crippen LogP contribution in [0.3, 0.4) is 0 Å². The van der Waals surface area contributed by atoms with E-state index in [-0.39, 0.29) is 17.2 Å². The summed E-state index contributed by atoms with van der Waals surface area (Å²) in [7, 11) is 2.94. The van der Waals surface area contributed by atoms with E-state index in [1.165, 1.54) is 7.11 Å². The Morgan fingerprint density at radius 2 is 1.96 bits per heavy atom. The van der Waals surface area contributed by atoms with E-state index in [0.29, 0.717) is 29.9 Å². The van der Waals surface area contributed by atoms with Gasteiger partial charge in [0.2, 0.25) is 0 Å². The molecule has 0 saturated carbocycles. The Morgan fingerprint density at radius 3 is 2.61 bits per heavy atom. The van der Waals surface area contributed by atoms with Crippen molar-refractivity contribution in [2.24, 2.45) is 0 Å². The Hall–Kier alpha value is -2.23. The number of esters is 2. The first kappa shape index (κ1) is 22.1. The summed E-state index contributed by atoms with van der Waals surface area (Å²) in [5.41, 5.74) is 0.203. The lowest BCUT2D eigenvalue weighted by Crippen LogP contribution is -2.27. The molecule has 0 aliphatic carbocycles. The highest BCUT2D eigenvalue weighted by Crippen LogP contribution is 2.37. The van der Waals surface area contributed by atoms with E-state index in [1.54, 1.807) is 27.9 Å². The number of hydrogen-bond acceptors (Lipinski definition) is 9. The molecule has 8 nitrogen and oxygen atoms in total. The number of pyridine rings is 1. The van der Waals surface area contributed by atoms with Crippen molar-refractivity contribution in [2.75, 3.05) is 34.0 Å². The number of nitrogens with one attached hydrogen (secondary N) is 1. The second-order valence-corrected chi connectivity index (χ2v) is 7.95. The third-order valence-corrected chi connectivity index (χ3v) is 4.54. The smallest absolute Gasteiger partial charge is 0.351 e. The molecule has 28 heavy (non-hydrogen) atoms. The van der Waals surface area contributed by atoms with E-state index >= 15 is 0 Å². The number of fused-ring (bicyclic) bond motifs is 1. The molecule has 2 aromatic heterocycles. The highest BCUT2D eigenvalue weighted by atomic mass is 32.1. The second kappa shape index (κ2) is 9.81. The summed E-state index contributed by atoms with van der Waals surface area (Å²) in [4.78, 5) is 29.6. The lowest BCUT2D eigenvalue weighted by Gasteiger charge is -2.19. The summed E-state index contributed by atoms with van der Waals surface area (Å²) < 4.78 is 20.7. The van der Waals surface area contributed by atoms with Gasteiger partial charge in [0, 0.05) is 20.2 Å². The minimum atomic E-state index is -0.616. The van der Waals surface area contributed by atoms with E-state index in [0.717, 1.165) is 17.0 Å². The molecule has 2 rings (SSSR count). The second-order valence-electron chi connectivity index (χ2n) is 6.95. The van der Waals surface area contributed by atoms with Gasteiger partial charge >= 0.3 is 11.9 Å². The predicted octanol–water partition coefficient (Wildman–Crippen LogP) is 2.54. The van der Waals surface area contributed by atoms with Crippen LogP contribution in [-0.4, -0.2) is 56.5 Å². The van der Waals surface area contributed by atoms with Crippen LogP contribution in [0.2, 0.25) is 0 Å². The largest absolute Gasteiger partial charge is 0.479 e. The molecular weight excluding hydrogens is 384 g/mol. The molecule has 0 atom stereocenters. The molecule has 154 valence electrons. The average Bonchev–Trinajstić information content (AvgIpc) is 2.99. The lowest BCUT2D eigenvalue weighted by molar-refractivity contribution is -0.157. The van der Waals surface area contributed by atoms with Gasteiger partial charge in [-0.3, -0.25) is 0 Å². The molecule has 0 aliphatic rings. The number of methoxy groups -OCH3 is 2. The summed E-state index contributed by atoms with van der Waals surface area (Å²) >= 11 is 1.16. The number of nitrogens with zero attached hydrogens (tertiary/aromatic N) is 1. The number of ether oxygens (including phenoxy) is 4. The highest BCUT2D eigenvalue weighted by molar-refractivity contribution is 7.20. The van der Waals surface area contributed by atoms with Crippen LogP contribution >= 0.6 is 11.3 Å². The van der Waals surface area contributed by atoms with Crippen molar-refractivity contribution in [3.05, 3.63) is 22.7 Å². The number of aromatic nitrogens is 1. The molecule has 0 saturated heterocycles. The van der Waals surface area contributed by atoms with Crippen LogP contribution in [0, 0.1) is 0 Å². The van der Waals surface area contributed by atoms with E-state index < -0.39 is 17.5 Å². The molecule has 2 aromatic rings. The fourth-order valence-corrected chi connectivity index (χ4v) is 3.41. The zero-order chi connectivity index (χ0) is 20.7. The quantitative estimate of drug-likeness (QED) is 0.498. The molecule has 0 amide bonds. The maximum atomic E-state index is 12.1. The monoisotopic (exact) mass is 410 g/mol. The first-order valence-corrected chi connectivity index (χ1v) is 9.62. The van der Waals surface area contributed by atoms with Crippen LogP contribution in [0.15, 0.2) is 12.1 Å². The molecular formula is C19H26N2O6S. The lowest BCUT2D eigenvalue weighted by atomic mass is 10.2. The summed E-state index contributed by atoms with van der Waals surface area (Å²) in [5.74, 6) is -0.777. The van der Waals surface area contributed by atoms with Crippen molar-refractivity contribution >= 4 is 33.5 Å². The first-order chi connectivity index (χ1) is 13.2. The van der Waals surface area contributed by atoms with Crippen molar-refractivity contribution in [1.29, 1.82) is 0 Å². The van der Waals surface area contributed by atoms with Gasteiger partial charge < -0.3 is 24.3 Å². The first-order valence-electron chi connectivity index (χ1n) is 8.80. The van der Waals surface area contributed by atoms with Crippen LogP contribution in [0.25, 0.3) is 10.2 Å². The Bertz CT molecular complexity index is 828. The summed E-state index contributed by atoms with van der Waals surface area (Å²) in [5, 5.41) is 3.87. The van der Waals surface area contributed by atoms with Crippen molar-refractivity contribution < 1.29 is 28.5 Å². The molecule has 0 fully saturated rings. The zero-order valence-electron chi connectivity index (χ0n) is 16.8. The number of hydrogen-bond donors (Lipinski definition) is 1. The van der Waals surface area contributed by atoms with Gasteiger partial charge in [0.25, 0.3) is 0 Å². The molecule has 1 N–H and O–H groups in total. The minimum absolute atomic E-state index is 0.262. The van der Waals surface area contributed by atoms with Gasteiger partial charge in [-0.05, 0) is 32.9 Å². The topological polar surface area (TPSA) is 96.0 Å². The average molecular weight is 410 g/mol. The number of carbonyl (C=O) groups excluding carboxylic acids is 2. The Balaban J connectivity index is 2.22. The van der Waals surface area contributed by atoms with E-state index in [2.05, 4.69) is 10.3 Å². The predicted molar refractivity (Wildman–Crippen MR) is 106 cm³/mol. The molecule has 0 unspecified atom stereocenters. The Kier molecular flexibility index (Phi) is 7.73. The molecule has 0 spiro atoms. The van der Waals surface area contributed by atoms with E-state index in [1.807, 2.05) is 12.1 Å². The maximum absolute atomic E-state index is 12.1. The molecule has 0 bridgehead atoms. The Labute approximate surface area is 168 Å². The summed E-state index contributed by atoms with van der Waals surface area (Å²) in [6.07, 6.45) is 0. The van der Waals surface area contributed by atoms with Crippen molar-refractivity contribution in [3.8, 4) is 5.75 Å². The zero-order valence-corrected chi connectivity index (χ0v) is 17.6. The minimum Gasteiger partial charge on any atom is -0.479 e. The van der Waals surface area contributed by atoms with Crippen molar-refractivity contribution in [1.82, 2.24) is 10.3 Å². The molecule has 9 heteroatoms. The van der Waals surface area contributed by atoms with Gasteiger partial charge in [0.05, 0.1) is 24.8 Å². The third kappa shape index (κ3) is 6.15. The van der Waals surface area contributed by atoms with Gasteiger partial charge in [0.1, 0.15) is 10.4 Å². The van der Waals surface area contributed by atoms with Gasteiger partial charge in [-0.1, -0.05) is 0 Å². The highest BCUT2D eigenvalue weighted by Gasteiger charge is 2.24. The van der Waals surface area contributed by atoms with Crippen molar-refractivity contribution in [3.63, 3.8) is 0 Å². The van der Waals surface area contributed by atoms with Crippen LogP contribution < -0.4 is 10.1 Å². The van der Waals surface area contributed by atoms with Gasteiger partial charge in [0.15, 0.2) is 17.2 Å². The van der Waals surface area contributed by atoms with Gasteiger partial charge in [-0.25, -0.2) is 14.6 Å². The number of rotatable bonds is 9. The number of thiophene rings is 1. The van der Waals surface area contributed by atoms with Crippen LogP contribution in [0.5, 0.6) is 5.75 Å². The van der Waals surface area contributed by atoms with Crippen molar-refractivity contribution in [2.45, 2.75) is 32.9 Å². The third-order valence-electron chi connectivity index (χ3n) is 3.48. The van der Waals surface area contributed by atoms with Crippen LogP contribution in [-0.2, 0) is 25.5 Å². The van der Waals surface area contributed by atoms with Gasteiger partial charge in [-0.15, -0.1) is 11.3 Å². The molecule has 0 radical (unpaired) electrons. The molecule has 0 aliphatic heterocycles. The standard InChI is InChI=1S/C19H26N2O6S/c1-19(2,3)27-14(22)11-26-15-13-7-6-12(10-20-8-9-24-4)21-17(13)28-16(15)18(23)25-5/h6-7,20H,8-11H2,1-5H3. The fraction of sp³-hybridized carbons (Fsp3) is 0.526. The summed E-state index contributed by atoms with van der Waals surface area (Å²) in [6.45, 7) is 6.89. The molecule has 0 aromatic carbocycles. The fourth-order valence-electron chi connectivity index (χ4n) is 2.36. The van der Waals surface area contributed by atoms with Crippen LogP contribution in [0.1, 0.15) is 36.1 Å².